The maximum absolute atomic E-state index is 11.9. The maximum atomic E-state index is 11.9. The number of Topliss-reactive ketones (excluding diaryl/α,β-unsaturated/α-hetero) is 1. The van der Waals surface area contributed by atoms with E-state index < -0.39 is 0 Å². The molecule has 0 radical (unpaired) electrons. The van der Waals surface area contributed by atoms with E-state index in [2.05, 4.69) is 0 Å². The summed E-state index contributed by atoms with van der Waals surface area (Å²) in [6.07, 6.45) is 5.17. The Bertz CT molecular complexity index is 376. The number of ketones is 1. The van der Waals surface area contributed by atoms with Crippen LogP contribution in [0.5, 0.6) is 0 Å². The number of benzene rings is 1. The molecule has 0 spiro atoms. The molecule has 1 aliphatic rings. The van der Waals surface area contributed by atoms with Crippen LogP contribution >= 0.6 is 0 Å². The third-order valence-electron chi connectivity index (χ3n) is 2.99. The molecular weight excluding hydrogens is 184 g/mol. The SMILES string of the molecule is CC1CCCC(=Cc2ccccc2)C1=O. The molecule has 0 aliphatic heterocycles. The molecule has 0 saturated heterocycles. The summed E-state index contributed by atoms with van der Waals surface area (Å²) in [5, 5.41) is 0. The number of rotatable bonds is 1. The largest absolute Gasteiger partial charge is 0.294 e. The van der Waals surface area contributed by atoms with Gasteiger partial charge in [0.2, 0.25) is 0 Å². The zero-order chi connectivity index (χ0) is 10.7. The maximum Gasteiger partial charge on any atom is 0.161 e. The standard InChI is InChI=1S/C14H16O/c1-11-6-5-9-13(14(11)15)10-12-7-3-2-4-8-12/h2-4,7-8,10-11H,5-6,9H2,1H3. The van der Waals surface area contributed by atoms with E-state index in [9.17, 15) is 4.79 Å². The molecule has 0 aromatic heterocycles. The highest BCUT2D eigenvalue weighted by Crippen LogP contribution is 2.26. The fraction of sp³-hybridized carbons (Fsp3) is 0.357. The van der Waals surface area contributed by atoms with Crippen molar-refractivity contribution >= 4 is 11.9 Å². The molecule has 1 heteroatoms. The van der Waals surface area contributed by atoms with Gasteiger partial charge in [-0.1, -0.05) is 37.3 Å². The first-order valence-electron chi connectivity index (χ1n) is 5.57. The molecule has 1 nitrogen and oxygen atoms in total. The highest BCUT2D eigenvalue weighted by atomic mass is 16.1. The Morgan fingerprint density at radius 3 is 2.73 bits per heavy atom. The number of hydrogen-bond donors (Lipinski definition) is 0. The van der Waals surface area contributed by atoms with Gasteiger partial charge < -0.3 is 0 Å². The second-order valence-electron chi connectivity index (χ2n) is 4.24. The topological polar surface area (TPSA) is 17.1 Å². The van der Waals surface area contributed by atoms with Gasteiger partial charge in [0.05, 0.1) is 0 Å². The van der Waals surface area contributed by atoms with Gasteiger partial charge >= 0.3 is 0 Å². The summed E-state index contributed by atoms with van der Waals surface area (Å²) in [5.41, 5.74) is 2.13. The van der Waals surface area contributed by atoms with Crippen LogP contribution in [0.25, 0.3) is 6.08 Å². The molecule has 0 N–H and O–H groups in total. The van der Waals surface area contributed by atoms with Crippen molar-refractivity contribution in [2.75, 3.05) is 0 Å². The minimum absolute atomic E-state index is 0.216. The zero-order valence-corrected chi connectivity index (χ0v) is 9.07. The van der Waals surface area contributed by atoms with Crippen LogP contribution in [0.3, 0.4) is 0 Å². The van der Waals surface area contributed by atoms with Crippen molar-refractivity contribution in [2.24, 2.45) is 5.92 Å². The van der Waals surface area contributed by atoms with Crippen molar-refractivity contribution in [1.29, 1.82) is 0 Å². The minimum atomic E-state index is 0.216. The number of allylic oxidation sites excluding steroid dienone is 1. The van der Waals surface area contributed by atoms with Crippen LogP contribution in [0.15, 0.2) is 35.9 Å². The molecule has 78 valence electrons. The van der Waals surface area contributed by atoms with Crippen molar-refractivity contribution in [3.63, 3.8) is 0 Å². The summed E-state index contributed by atoms with van der Waals surface area (Å²) in [6.45, 7) is 2.03. The van der Waals surface area contributed by atoms with E-state index in [1.165, 1.54) is 0 Å². The molecule has 1 saturated carbocycles. The van der Waals surface area contributed by atoms with Crippen molar-refractivity contribution < 1.29 is 4.79 Å². The van der Waals surface area contributed by atoms with Gasteiger partial charge in [-0.15, -0.1) is 0 Å². The third kappa shape index (κ3) is 2.35. The Kier molecular flexibility index (Phi) is 3.00. The van der Waals surface area contributed by atoms with Gasteiger partial charge in [-0.2, -0.15) is 0 Å². The average Bonchev–Trinajstić information content (AvgIpc) is 2.26. The molecule has 1 atom stereocenters. The monoisotopic (exact) mass is 200 g/mol. The molecule has 15 heavy (non-hydrogen) atoms. The predicted molar refractivity (Wildman–Crippen MR) is 62.4 cm³/mol. The number of carbonyl (C=O) groups is 1. The summed E-state index contributed by atoms with van der Waals surface area (Å²) in [4.78, 5) is 11.9. The minimum Gasteiger partial charge on any atom is -0.294 e. The average molecular weight is 200 g/mol. The summed E-state index contributed by atoms with van der Waals surface area (Å²) in [5.74, 6) is 0.554. The van der Waals surface area contributed by atoms with Crippen LogP contribution in [0.2, 0.25) is 0 Å². The highest BCUT2D eigenvalue weighted by Gasteiger charge is 2.21. The van der Waals surface area contributed by atoms with Crippen LogP contribution in [0.4, 0.5) is 0 Å². The Morgan fingerprint density at radius 2 is 2.00 bits per heavy atom. The molecule has 1 aromatic rings. The fourth-order valence-corrected chi connectivity index (χ4v) is 2.06. The van der Waals surface area contributed by atoms with E-state index >= 15 is 0 Å². The van der Waals surface area contributed by atoms with E-state index in [1.807, 2.05) is 43.3 Å². The Balaban J connectivity index is 2.23. The lowest BCUT2D eigenvalue weighted by molar-refractivity contribution is -0.119. The van der Waals surface area contributed by atoms with Gasteiger partial charge in [-0.3, -0.25) is 4.79 Å². The molecule has 1 fully saturated rings. The van der Waals surface area contributed by atoms with Gasteiger partial charge in [0.25, 0.3) is 0 Å². The zero-order valence-electron chi connectivity index (χ0n) is 9.07. The van der Waals surface area contributed by atoms with Crippen LogP contribution in [-0.4, -0.2) is 5.78 Å². The molecule has 0 heterocycles. The first kappa shape index (κ1) is 10.2. The first-order chi connectivity index (χ1) is 7.27. The lowest BCUT2D eigenvalue weighted by atomic mass is 9.84. The Hall–Kier alpha value is -1.37. The fourth-order valence-electron chi connectivity index (χ4n) is 2.06. The summed E-state index contributed by atoms with van der Waals surface area (Å²) < 4.78 is 0. The second-order valence-corrected chi connectivity index (χ2v) is 4.24. The smallest absolute Gasteiger partial charge is 0.161 e. The molecule has 1 aromatic carbocycles. The summed E-state index contributed by atoms with van der Waals surface area (Å²) in [7, 11) is 0. The van der Waals surface area contributed by atoms with Gasteiger partial charge in [0.1, 0.15) is 0 Å². The summed E-state index contributed by atoms with van der Waals surface area (Å²) >= 11 is 0. The molecule has 2 rings (SSSR count). The van der Waals surface area contributed by atoms with Gasteiger partial charge in [0.15, 0.2) is 5.78 Å². The van der Waals surface area contributed by atoms with Gasteiger partial charge in [0, 0.05) is 5.92 Å². The van der Waals surface area contributed by atoms with E-state index in [0.717, 1.165) is 30.4 Å². The lowest BCUT2D eigenvalue weighted by Gasteiger charge is -2.19. The number of carbonyl (C=O) groups excluding carboxylic acids is 1. The van der Waals surface area contributed by atoms with E-state index in [0.29, 0.717) is 5.78 Å². The summed E-state index contributed by atoms with van der Waals surface area (Å²) in [6, 6.07) is 10.1. The van der Waals surface area contributed by atoms with Crippen LogP contribution in [0, 0.1) is 5.92 Å². The molecular formula is C14H16O. The molecule has 1 unspecified atom stereocenters. The highest BCUT2D eigenvalue weighted by molar-refractivity contribution is 6.01. The van der Waals surface area contributed by atoms with Crippen molar-refractivity contribution in [3.05, 3.63) is 41.5 Å². The van der Waals surface area contributed by atoms with Crippen LogP contribution < -0.4 is 0 Å². The molecule has 0 bridgehead atoms. The van der Waals surface area contributed by atoms with E-state index in [1.54, 1.807) is 0 Å². The van der Waals surface area contributed by atoms with Crippen LogP contribution in [-0.2, 0) is 4.79 Å². The van der Waals surface area contributed by atoms with Crippen molar-refractivity contribution in [2.45, 2.75) is 26.2 Å². The van der Waals surface area contributed by atoms with Gasteiger partial charge in [-0.05, 0) is 36.5 Å². The Labute approximate surface area is 90.8 Å². The Morgan fingerprint density at radius 1 is 1.27 bits per heavy atom. The van der Waals surface area contributed by atoms with E-state index in [-0.39, 0.29) is 5.92 Å². The predicted octanol–water partition coefficient (Wildman–Crippen LogP) is 3.46. The molecule has 1 aliphatic carbocycles. The third-order valence-corrected chi connectivity index (χ3v) is 2.99. The van der Waals surface area contributed by atoms with E-state index in [4.69, 9.17) is 0 Å². The lowest BCUT2D eigenvalue weighted by Crippen LogP contribution is -2.18. The quantitative estimate of drug-likeness (QED) is 0.634. The first-order valence-corrected chi connectivity index (χ1v) is 5.57. The van der Waals surface area contributed by atoms with Crippen molar-refractivity contribution in [3.8, 4) is 0 Å². The number of hydrogen-bond acceptors (Lipinski definition) is 1. The van der Waals surface area contributed by atoms with Gasteiger partial charge in [-0.25, -0.2) is 0 Å². The molecule has 0 amide bonds. The normalized spacial score (nSPS) is 24.5. The van der Waals surface area contributed by atoms with Crippen molar-refractivity contribution in [1.82, 2.24) is 0 Å². The second kappa shape index (κ2) is 4.43. The van der Waals surface area contributed by atoms with Crippen LogP contribution in [0.1, 0.15) is 31.7 Å².